The van der Waals surface area contributed by atoms with Gasteiger partial charge in [-0.05, 0) is 38.0 Å². The van der Waals surface area contributed by atoms with E-state index in [0.717, 1.165) is 28.1 Å². The van der Waals surface area contributed by atoms with Crippen LogP contribution in [-0.2, 0) is 24.4 Å². The van der Waals surface area contributed by atoms with Crippen molar-refractivity contribution in [2.75, 3.05) is 6.61 Å². The smallest absolute Gasteiger partial charge is 0.331 e. The minimum atomic E-state index is -0.417. The number of hydrogen-bond acceptors (Lipinski definition) is 3. The van der Waals surface area contributed by atoms with Crippen LogP contribution in [0.15, 0.2) is 64.2 Å². The van der Waals surface area contributed by atoms with Crippen molar-refractivity contribution in [3.63, 3.8) is 0 Å². The van der Waals surface area contributed by atoms with Crippen LogP contribution in [0.3, 0.4) is 0 Å². The van der Waals surface area contributed by atoms with Gasteiger partial charge in [-0.2, -0.15) is 0 Å². The zero-order valence-electron chi connectivity index (χ0n) is 19.0. The lowest BCUT2D eigenvalue weighted by atomic mass is 9.98. The Morgan fingerprint density at radius 1 is 0.969 bits per heavy atom. The van der Waals surface area contributed by atoms with E-state index in [1.807, 2.05) is 55.5 Å². The molecule has 0 N–H and O–H groups in total. The molecule has 5 rings (SSSR count). The van der Waals surface area contributed by atoms with Crippen molar-refractivity contribution in [1.29, 1.82) is 0 Å². The second-order valence-corrected chi connectivity index (χ2v) is 9.28. The zero-order valence-corrected chi connectivity index (χ0v) is 19.0. The molecule has 1 atom stereocenters. The molecular formula is C26H27N3O3. The van der Waals surface area contributed by atoms with E-state index in [4.69, 9.17) is 4.74 Å². The average molecular weight is 430 g/mol. The molecule has 1 aliphatic heterocycles. The van der Waals surface area contributed by atoms with Crippen LogP contribution >= 0.6 is 0 Å². The van der Waals surface area contributed by atoms with E-state index in [9.17, 15) is 9.59 Å². The van der Waals surface area contributed by atoms with Crippen molar-refractivity contribution in [2.45, 2.75) is 32.4 Å². The summed E-state index contributed by atoms with van der Waals surface area (Å²) in [4.78, 5) is 26.5. The summed E-state index contributed by atoms with van der Waals surface area (Å²) in [7, 11) is 3.27. The topological polar surface area (TPSA) is 58.2 Å². The van der Waals surface area contributed by atoms with Crippen molar-refractivity contribution < 1.29 is 4.74 Å². The fourth-order valence-electron chi connectivity index (χ4n) is 4.94. The highest BCUT2D eigenvalue weighted by molar-refractivity contribution is 5.97. The summed E-state index contributed by atoms with van der Waals surface area (Å²) in [6.07, 6.45) is -0.386. The lowest BCUT2D eigenvalue weighted by molar-refractivity contribution is -0.00707. The molecular weight excluding hydrogens is 402 g/mol. The Balaban J connectivity index is 2.04. The van der Waals surface area contributed by atoms with Crippen molar-refractivity contribution in [3.8, 4) is 11.3 Å². The third kappa shape index (κ3) is 2.83. The highest BCUT2D eigenvalue weighted by Gasteiger charge is 2.40. The summed E-state index contributed by atoms with van der Waals surface area (Å²) in [5.41, 5.74) is 4.33. The lowest BCUT2D eigenvalue weighted by Gasteiger charge is -2.39. The summed E-state index contributed by atoms with van der Waals surface area (Å²) < 4.78 is 11.4. The summed E-state index contributed by atoms with van der Waals surface area (Å²) in [6.45, 7) is 6.74. The van der Waals surface area contributed by atoms with E-state index in [1.165, 1.54) is 11.6 Å². The maximum absolute atomic E-state index is 13.5. The predicted molar refractivity (Wildman–Crippen MR) is 126 cm³/mol. The Morgan fingerprint density at radius 3 is 2.38 bits per heavy atom. The fourth-order valence-corrected chi connectivity index (χ4v) is 4.94. The van der Waals surface area contributed by atoms with Crippen molar-refractivity contribution >= 4 is 10.9 Å². The molecule has 0 spiro atoms. The molecule has 0 unspecified atom stereocenters. The maximum atomic E-state index is 13.5. The van der Waals surface area contributed by atoms with Gasteiger partial charge in [-0.1, -0.05) is 54.1 Å². The number of ether oxygens (including phenoxy) is 1. The van der Waals surface area contributed by atoms with Gasteiger partial charge in [0, 0.05) is 14.1 Å². The molecule has 0 aliphatic carbocycles. The van der Waals surface area contributed by atoms with Crippen molar-refractivity contribution in [3.05, 3.63) is 92.3 Å². The third-order valence-corrected chi connectivity index (χ3v) is 6.46. The largest absolute Gasteiger partial charge is 0.365 e. The Hall–Kier alpha value is -3.38. The maximum Gasteiger partial charge on any atom is 0.331 e. The van der Waals surface area contributed by atoms with Crippen molar-refractivity contribution in [1.82, 2.24) is 13.7 Å². The molecule has 4 aromatic rings. The Kier molecular flexibility index (Phi) is 4.53. The normalized spacial score (nSPS) is 17.5. The number of aryl methyl sites for hydroxylation is 2. The number of aromatic nitrogens is 3. The van der Waals surface area contributed by atoms with E-state index >= 15 is 0 Å². The van der Waals surface area contributed by atoms with Crippen LogP contribution in [0.5, 0.6) is 0 Å². The Bertz CT molecular complexity index is 1470. The number of fused-ring (bicyclic) bond motifs is 3. The molecule has 32 heavy (non-hydrogen) atoms. The molecule has 164 valence electrons. The first-order chi connectivity index (χ1) is 15.2. The van der Waals surface area contributed by atoms with Gasteiger partial charge in [0.2, 0.25) is 0 Å². The van der Waals surface area contributed by atoms with Gasteiger partial charge in [0.15, 0.2) is 0 Å². The van der Waals surface area contributed by atoms with Gasteiger partial charge in [-0.25, -0.2) is 4.79 Å². The van der Waals surface area contributed by atoms with Gasteiger partial charge in [0.05, 0.1) is 34.4 Å². The summed E-state index contributed by atoms with van der Waals surface area (Å²) in [6, 6.07) is 18.1. The molecule has 0 fully saturated rings. The lowest BCUT2D eigenvalue weighted by Crippen LogP contribution is -2.40. The molecule has 0 bridgehead atoms. The molecule has 1 aliphatic rings. The quantitative estimate of drug-likeness (QED) is 0.486. The van der Waals surface area contributed by atoms with Gasteiger partial charge in [0.1, 0.15) is 6.10 Å². The monoisotopic (exact) mass is 429 g/mol. The molecule has 6 heteroatoms. The summed E-state index contributed by atoms with van der Waals surface area (Å²) in [5.74, 6) is 0. The van der Waals surface area contributed by atoms with E-state index < -0.39 is 5.54 Å². The minimum Gasteiger partial charge on any atom is -0.365 e. The van der Waals surface area contributed by atoms with Crippen LogP contribution in [0.1, 0.15) is 36.8 Å². The second-order valence-electron chi connectivity index (χ2n) is 9.28. The Labute approximate surface area is 186 Å². The fraction of sp³-hybridized carbons (Fsp3) is 0.308. The molecule has 0 saturated carbocycles. The van der Waals surface area contributed by atoms with Gasteiger partial charge in [0.25, 0.3) is 5.56 Å². The molecule has 3 heterocycles. The van der Waals surface area contributed by atoms with Gasteiger partial charge < -0.3 is 9.30 Å². The highest BCUT2D eigenvalue weighted by atomic mass is 16.5. The van der Waals surface area contributed by atoms with E-state index in [1.54, 1.807) is 11.6 Å². The molecule has 2 aromatic heterocycles. The van der Waals surface area contributed by atoms with Gasteiger partial charge >= 0.3 is 5.69 Å². The first-order valence-corrected chi connectivity index (χ1v) is 10.8. The van der Waals surface area contributed by atoms with Crippen LogP contribution < -0.4 is 11.2 Å². The predicted octanol–water partition coefficient (Wildman–Crippen LogP) is 3.87. The van der Waals surface area contributed by atoms with E-state index in [0.29, 0.717) is 17.5 Å². The number of benzene rings is 2. The van der Waals surface area contributed by atoms with Gasteiger partial charge in [-0.3, -0.25) is 13.9 Å². The first-order valence-electron chi connectivity index (χ1n) is 10.8. The zero-order chi connectivity index (χ0) is 22.8. The Morgan fingerprint density at radius 2 is 1.69 bits per heavy atom. The second kappa shape index (κ2) is 7.07. The molecule has 2 aromatic carbocycles. The SMILES string of the molecule is Cc1cccc(-c2c3c(=O)n(C)c(=O)n(C)c3c3n2C(C)(C)CO[C@H]3c2ccccc2)c1. The van der Waals surface area contributed by atoms with Crippen LogP contribution in [0.2, 0.25) is 0 Å². The van der Waals surface area contributed by atoms with Gasteiger partial charge in [-0.15, -0.1) is 0 Å². The first kappa shape index (κ1) is 20.5. The minimum absolute atomic E-state index is 0.288. The average Bonchev–Trinajstić information content (AvgIpc) is 3.14. The molecule has 0 saturated heterocycles. The molecule has 0 radical (unpaired) electrons. The number of hydrogen-bond donors (Lipinski definition) is 0. The third-order valence-electron chi connectivity index (χ3n) is 6.46. The summed E-state index contributed by atoms with van der Waals surface area (Å²) in [5, 5.41) is 0.551. The molecule has 0 amide bonds. The molecule has 6 nitrogen and oxygen atoms in total. The van der Waals surface area contributed by atoms with E-state index in [-0.39, 0.29) is 17.4 Å². The van der Waals surface area contributed by atoms with Crippen LogP contribution in [0.4, 0.5) is 0 Å². The number of rotatable bonds is 2. The van der Waals surface area contributed by atoms with E-state index in [2.05, 4.69) is 24.5 Å². The highest BCUT2D eigenvalue weighted by Crippen LogP contribution is 2.45. The standard InChI is InChI=1S/C26H27N3O3/c1-16-10-9-13-18(14-16)20-19-21(27(4)25(31)28(5)24(19)30)22-23(17-11-7-6-8-12-17)32-15-26(2,3)29(20)22/h6-14,23H,15H2,1-5H3/t23-/m0/s1. The summed E-state index contributed by atoms with van der Waals surface area (Å²) >= 11 is 0. The van der Waals surface area contributed by atoms with Crippen LogP contribution in [0.25, 0.3) is 22.2 Å². The van der Waals surface area contributed by atoms with Crippen LogP contribution in [-0.4, -0.2) is 20.3 Å². The number of nitrogens with zero attached hydrogens (tertiary/aromatic N) is 3. The van der Waals surface area contributed by atoms with Crippen molar-refractivity contribution in [2.24, 2.45) is 14.1 Å². The van der Waals surface area contributed by atoms with Crippen LogP contribution in [0, 0.1) is 6.92 Å².